The van der Waals surface area contributed by atoms with Crippen LogP contribution in [0.3, 0.4) is 0 Å². The minimum absolute atomic E-state index is 0.165. The van der Waals surface area contributed by atoms with Crippen LogP contribution in [0.15, 0.2) is 36.4 Å². The lowest BCUT2D eigenvalue weighted by atomic mass is 9.71. The molecule has 2 aromatic carbocycles. The highest BCUT2D eigenvalue weighted by atomic mass is 16.5. The topological polar surface area (TPSA) is 9.23 Å². The molecule has 1 aliphatic carbocycles. The molecule has 0 unspecified atom stereocenters. The van der Waals surface area contributed by atoms with E-state index in [1.807, 2.05) is 0 Å². The van der Waals surface area contributed by atoms with E-state index in [-0.39, 0.29) is 5.41 Å². The van der Waals surface area contributed by atoms with Gasteiger partial charge in [0.25, 0.3) is 0 Å². The first-order chi connectivity index (χ1) is 11.5. The lowest BCUT2D eigenvalue weighted by molar-refractivity contribution is 0.0643. The Kier molecular flexibility index (Phi) is 3.80. The van der Waals surface area contributed by atoms with Crippen LogP contribution in [-0.2, 0) is 10.2 Å². The quantitative estimate of drug-likeness (QED) is 0.658. The van der Waals surface area contributed by atoms with E-state index in [0.717, 1.165) is 26.1 Å². The summed E-state index contributed by atoms with van der Waals surface area (Å²) in [7, 11) is 0. The Morgan fingerprint density at radius 1 is 0.750 bits per heavy atom. The molecule has 1 fully saturated rings. The van der Waals surface area contributed by atoms with Gasteiger partial charge in [0.1, 0.15) is 0 Å². The van der Waals surface area contributed by atoms with E-state index in [1.165, 1.54) is 22.3 Å². The Balaban J connectivity index is 1.95. The first kappa shape index (κ1) is 15.9. The molecular weight excluding hydrogens is 292 g/mol. The molecule has 2 aliphatic rings. The molecule has 0 bridgehead atoms. The van der Waals surface area contributed by atoms with Crippen LogP contribution in [0.4, 0.5) is 0 Å². The van der Waals surface area contributed by atoms with Crippen LogP contribution >= 0.6 is 0 Å². The number of hydrogen-bond donors (Lipinski definition) is 0. The second-order valence-electron chi connectivity index (χ2n) is 8.11. The van der Waals surface area contributed by atoms with Crippen LogP contribution in [0.2, 0.25) is 0 Å². The molecular formula is C23H28O. The van der Waals surface area contributed by atoms with Gasteiger partial charge in [-0.25, -0.2) is 0 Å². The molecule has 1 aliphatic heterocycles. The molecule has 1 spiro atoms. The number of benzene rings is 2. The second-order valence-corrected chi connectivity index (χ2v) is 8.11. The van der Waals surface area contributed by atoms with Crippen molar-refractivity contribution in [2.75, 3.05) is 13.2 Å². The number of fused-ring (bicyclic) bond motifs is 5. The van der Waals surface area contributed by atoms with Gasteiger partial charge in [0.15, 0.2) is 0 Å². The fourth-order valence-electron chi connectivity index (χ4n) is 4.51. The van der Waals surface area contributed by atoms with Gasteiger partial charge >= 0.3 is 0 Å². The van der Waals surface area contributed by atoms with Crippen molar-refractivity contribution >= 4 is 0 Å². The fourth-order valence-corrected chi connectivity index (χ4v) is 4.51. The predicted octanol–water partition coefficient (Wildman–Crippen LogP) is 6.01. The molecule has 0 N–H and O–H groups in total. The SMILES string of the molecule is CC(C)c1ccc2c(c1)C1(CCOCC1)c1cc(C(C)C)ccc1-2. The third-order valence-electron chi connectivity index (χ3n) is 6.09. The maximum absolute atomic E-state index is 5.74. The molecule has 1 saturated heterocycles. The molecule has 1 heteroatoms. The van der Waals surface area contributed by atoms with Crippen LogP contribution in [-0.4, -0.2) is 13.2 Å². The van der Waals surface area contributed by atoms with E-state index in [2.05, 4.69) is 64.1 Å². The van der Waals surface area contributed by atoms with E-state index in [9.17, 15) is 0 Å². The Labute approximate surface area is 146 Å². The van der Waals surface area contributed by atoms with E-state index < -0.39 is 0 Å². The van der Waals surface area contributed by atoms with Gasteiger partial charge in [0.05, 0.1) is 0 Å². The van der Waals surface area contributed by atoms with Crippen LogP contribution in [0, 0.1) is 0 Å². The van der Waals surface area contributed by atoms with Crippen molar-refractivity contribution in [2.24, 2.45) is 0 Å². The monoisotopic (exact) mass is 320 g/mol. The lowest BCUT2D eigenvalue weighted by Gasteiger charge is -2.36. The summed E-state index contributed by atoms with van der Waals surface area (Å²) in [5.41, 5.74) is 9.07. The van der Waals surface area contributed by atoms with E-state index in [0.29, 0.717) is 11.8 Å². The summed E-state index contributed by atoms with van der Waals surface area (Å²) < 4.78 is 5.74. The molecule has 1 heterocycles. The van der Waals surface area contributed by atoms with Crippen LogP contribution < -0.4 is 0 Å². The highest BCUT2D eigenvalue weighted by Crippen LogP contribution is 2.54. The van der Waals surface area contributed by atoms with Crippen molar-refractivity contribution in [1.82, 2.24) is 0 Å². The molecule has 24 heavy (non-hydrogen) atoms. The summed E-state index contributed by atoms with van der Waals surface area (Å²) in [5.74, 6) is 1.14. The average Bonchev–Trinajstić information content (AvgIpc) is 2.85. The molecule has 0 atom stereocenters. The summed E-state index contributed by atoms with van der Waals surface area (Å²) in [6.07, 6.45) is 2.21. The Morgan fingerprint density at radius 3 is 1.62 bits per heavy atom. The van der Waals surface area contributed by atoms with Crippen molar-refractivity contribution in [3.05, 3.63) is 58.7 Å². The molecule has 0 amide bonds. The van der Waals surface area contributed by atoms with Crippen LogP contribution in [0.25, 0.3) is 11.1 Å². The van der Waals surface area contributed by atoms with Gasteiger partial charge in [-0.3, -0.25) is 0 Å². The summed E-state index contributed by atoms with van der Waals surface area (Å²) in [6, 6.07) is 14.3. The molecule has 0 aromatic heterocycles. The van der Waals surface area contributed by atoms with Crippen molar-refractivity contribution in [3.8, 4) is 11.1 Å². The molecule has 126 valence electrons. The third-order valence-corrected chi connectivity index (χ3v) is 6.09. The molecule has 4 rings (SSSR count). The van der Waals surface area contributed by atoms with E-state index >= 15 is 0 Å². The molecule has 1 nitrogen and oxygen atoms in total. The zero-order valence-electron chi connectivity index (χ0n) is 15.4. The van der Waals surface area contributed by atoms with Crippen molar-refractivity contribution in [2.45, 2.75) is 57.8 Å². The van der Waals surface area contributed by atoms with Gasteiger partial charge in [-0.15, -0.1) is 0 Å². The molecule has 2 aromatic rings. The summed E-state index contributed by atoms with van der Waals surface area (Å²) in [4.78, 5) is 0. The van der Waals surface area contributed by atoms with Gasteiger partial charge in [-0.1, -0.05) is 64.1 Å². The van der Waals surface area contributed by atoms with Gasteiger partial charge in [-0.2, -0.15) is 0 Å². The smallest absolute Gasteiger partial charge is 0.0477 e. The average molecular weight is 320 g/mol. The van der Waals surface area contributed by atoms with Crippen molar-refractivity contribution in [1.29, 1.82) is 0 Å². The fraction of sp³-hybridized carbons (Fsp3) is 0.478. The number of hydrogen-bond acceptors (Lipinski definition) is 1. The van der Waals surface area contributed by atoms with Gasteiger partial charge in [0.2, 0.25) is 0 Å². The minimum atomic E-state index is 0.165. The largest absolute Gasteiger partial charge is 0.381 e. The van der Waals surface area contributed by atoms with Gasteiger partial charge in [0, 0.05) is 18.6 Å². The number of rotatable bonds is 2. The first-order valence-electron chi connectivity index (χ1n) is 9.40. The highest BCUT2D eigenvalue weighted by Gasteiger charge is 2.44. The predicted molar refractivity (Wildman–Crippen MR) is 101 cm³/mol. The lowest BCUT2D eigenvalue weighted by Crippen LogP contribution is -2.33. The van der Waals surface area contributed by atoms with E-state index in [1.54, 1.807) is 11.1 Å². The Bertz CT molecular complexity index is 704. The second kappa shape index (κ2) is 5.74. The van der Waals surface area contributed by atoms with Crippen LogP contribution in [0.5, 0.6) is 0 Å². The van der Waals surface area contributed by atoms with Crippen LogP contribution in [0.1, 0.15) is 74.6 Å². The third kappa shape index (κ3) is 2.25. The zero-order valence-corrected chi connectivity index (χ0v) is 15.4. The minimum Gasteiger partial charge on any atom is -0.381 e. The van der Waals surface area contributed by atoms with Gasteiger partial charge in [-0.05, 0) is 58.1 Å². The standard InChI is InChI=1S/C23H28O/c1-15(2)17-5-7-19-20-8-6-18(16(3)4)14-22(20)23(21(19)13-17)9-11-24-12-10-23/h5-8,13-16H,9-12H2,1-4H3. The Hall–Kier alpha value is -1.60. The highest BCUT2D eigenvalue weighted by molar-refractivity contribution is 5.82. The molecule has 0 saturated carbocycles. The Morgan fingerprint density at radius 2 is 1.21 bits per heavy atom. The summed E-state index contributed by atoms with van der Waals surface area (Å²) >= 11 is 0. The van der Waals surface area contributed by atoms with Crippen molar-refractivity contribution in [3.63, 3.8) is 0 Å². The maximum Gasteiger partial charge on any atom is 0.0477 e. The zero-order chi connectivity index (χ0) is 16.9. The van der Waals surface area contributed by atoms with Crippen molar-refractivity contribution < 1.29 is 4.74 Å². The number of ether oxygens (including phenoxy) is 1. The first-order valence-corrected chi connectivity index (χ1v) is 9.40. The normalized spacial score (nSPS) is 18.2. The summed E-state index contributed by atoms with van der Waals surface area (Å²) in [6.45, 7) is 10.9. The van der Waals surface area contributed by atoms with E-state index in [4.69, 9.17) is 4.74 Å². The van der Waals surface area contributed by atoms with Gasteiger partial charge < -0.3 is 4.74 Å². The maximum atomic E-state index is 5.74. The summed E-state index contributed by atoms with van der Waals surface area (Å²) in [5, 5.41) is 0. The molecule has 0 radical (unpaired) electrons.